The van der Waals surface area contributed by atoms with Gasteiger partial charge in [0, 0.05) is 18.8 Å². The van der Waals surface area contributed by atoms with Gasteiger partial charge in [-0.1, -0.05) is 0 Å². The molecule has 1 aliphatic rings. The molecule has 0 bridgehead atoms. The molecule has 9 heteroatoms. The minimum Gasteiger partial charge on any atom is -0.324 e. The standard InChI is InChI=1S/C12H19N3O4S2/c1-9-7-11(14-13)8-10(2)12(9)21(18,19)15-3-5-20(16,17)6-4-15/h7-8,14H,3-6,13H2,1-2H3. The van der Waals surface area contributed by atoms with E-state index < -0.39 is 19.9 Å². The quantitative estimate of drug-likeness (QED) is 0.595. The number of benzene rings is 1. The normalized spacial score (nSPS) is 19.4. The van der Waals surface area contributed by atoms with Crippen LogP contribution in [0, 0.1) is 13.8 Å². The fourth-order valence-electron chi connectivity index (χ4n) is 2.51. The minimum absolute atomic E-state index is 0.000434. The number of nitrogens with zero attached hydrogens (tertiary/aromatic N) is 1. The highest BCUT2D eigenvalue weighted by Crippen LogP contribution is 2.27. The largest absolute Gasteiger partial charge is 0.324 e. The highest BCUT2D eigenvalue weighted by atomic mass is 32.2. The van der Waals surface area contributed by atoms with E-state index in [1.807, 2.05) is 0 Å². The van der Waals surface area contributed by atoms with E-state index in [-0.39, 0.29) is 29.5 Å². The van der Waals surface area contributed by atoms with E-state index in [1.54, 1.807) is 26.0 Å². The predicted octanol–water partition coefficient (Wildman–Crippen LogP) is 0.00814. The molecule has 0 unspecified atom stereocenters. The summed E-state index contributed by atoms with van der Waals surface area (Å²) in [6.07, 6.45) is 0. The molecule has 1 fully saturated rings. The summed E-state index contributed by atoms with van der Waals surface area (Å²) in [5, 5.41) is 0. The van der Waals surface area contributed by atoms with Crippen LogP contribution in [0.5, 0.6) is 0 Å². The Labute approximate surface area is 125 Å². The van der Waals surface area contributed by atoms with Crippen LogP contribution in [0.15, 0.2) is 17.0 Å². The van der Waals surface area contributed by atoms with Crippen LogP contribution in [-0.4, -0.2) is 45.7 Å². The van der Waals surface area contributed by atoms with Gasteiger partial charge >= 0.3 is 0 Å². The molecule has 1 saturated heterocycles. The topological polar surface area (TPSA) is 110 Å². The second kappa shape index (κ2) is 5.56. The number of anilines is 1. The van der Waals surface area contributed by atoms with Gasteiger partial charge in [0.25, 0.3) is 0 Å². The van der Waals surface area contributed by atoms with Gasteiger partial charge in [-0.05, 0) is 37.1 Å². The highest BCUT2D eigenvalue weighted by Gasteiger charge is 2.33. The van der Waals surface area contributed by atoms with Crippen LogP contribution < -0.4 is 11.3 Å². The average Bonchev–Trinajstić information content (AvgIpc) is 2.36. The fraction of sp³-hybridized carbons (Fsp3) is 0.500. The number of sulfonamides is 1. The van der Waals surface area contributed by atoms with Gasteiger partial charge in [-0.25, -0.2) is 16.8 Å². The fourth-order valence-corrected chi connectivity index (χ4v) is 5.79. The summed E-state index contributed by atoms with van der Waals surface area (Å²) < 4.78 is 49.5. The molecule has 1 heterocycles. The Morgan fingerprint density at radius 3 is 2.05 bits per heavy atom. The number of aryl methyl sites for hydroxylation is 2. The first-order valence-electron chi connectivity index (χ1n) is 6.46. The Kier molecular flexibility index (Phi) is 4.29. The van der Waals surface area contributed by atoms with Crippen molar-refractivity contribution in [3.63, 3.8) is 0 Å². The molecule has 0 aliphatic carbocycles. The SMILES string of the molecule is Cc1cc(NN)cc(C)c1S(=O)(=O)N1CCS(=O)(=O)CC1. The van der Waals surface area contributed by atoms with Crippen molar-refractivity contribution < 1.29 is 16.8 Å². The maximum absolute atomic E-state index is 12.7. The van der Waals surface area contributed by atoms with Crippen LogP contribution in [0.4, 0.5) is 5.69 Å². The average molecular weight is 333 g/mol. The predicted molar refractivity (Wildman–Crippen MR) is 81.1 cm³/mol. The Morgan fingerprint density at radius 1 is 1.14 bits per heavy atom. The van der Waals surface area contributed by atoms with Crippen molar-refractivity contribution >= 4 is 25.5 Å². The lowest BCUT2D eigenvalue weighted by Crippen LogP contribution is -2.44. The summed E-state index contributed by atoms with van der Waals surface area (Å²) in [4.78, 5) is 0.223. The van der Waals surface area contributed by atoms with Crippen molar-refractivity contribution in [1.82, 2.24) is 4.31 Å². The minimum atomic E-state index is -3.70. The summed E-state index contributed by atoms with van der Waals surface area (Å²) in [5.41, 5.74) is 4.28. The van der Waals surface area contributed by atoms with Crippen molar-refractivity contribution in [2.75, 3.05) is 30.0 Å². The summed E-state index contributed by atoms with van der Waals surface area (Å²) >= 11 is 0. The number of sulfone groups is 1. The molecule has 0 saturated carbocycles. The number of hydrogen-bond donors (Lipinski definition) is 2. The van der Waals surface area contributed by atoms with Crippen LogP contribution in [0.25, 0.3) is 0 Å². The molecule has 3 N–H and O–H groups in total. The van der Waals surface area contributed by atoms with E-state index in [1.165, 1.54) is 4.31 Å². The lowest BCUT2D eigenvalue weighted by Gasteiger charge is -2.27. The number of nitrogen functional groups attached to an aromatic ring is 1. The monoisotopic (exact) mass is 333 g/mol. The molecular weight excluding hydrogens is 314 g/mol. The molecule has 21 heavy (non-hydrogen) atoms. The van der Waals surface area contributed by atoms with E-state index in [4.69, 9.17) is 5.84 Å². The van der Waals surface area contributed by atoms with Crippen LogP contribution >= 0.6 is 0 Å². The lowest BCUT2D eigenvalue weighted by molar-refractivity contribution is 0.430. The third kappa shape index (κ3) is 3.20. The summed E-state index contributed by atoms with van der Waals surface area (Å²) in [6.45, 7) is 3.39. The molecule has 2 rings (SSSR count). The Hall–Kier alpha value is -1.16. The van der Waals surface area contributed by atoms with E-state index >= 15 is 0 Å². The van der Waals surface area contributed by atoms with E-state index in [2.05, 4.69) is 5.43 Å². The molecule has 1 aliphatic heterocycles. The first-order valence-corrected chi connectivity index (χ1v) is 9.72. The summed E-state index contributed by atoms with van der Waals surface area (Å²) in [7, 11) is -6.82. The number of rotatable bonds is 3. The Bertz CT molecular complexity index is 720. The van der Waals surface area contributed by atoms with Crippen LogP contribution in [0.2, 0.25) is 0 Å². The van der Waals surface area contributed by atoms with E-state index in [0.717, 1.165) is 0 Å². The molecule has 0 amide bonds. The molecule has 1 aromatic rings. The van der Waals surface area contributed by atoms with Gasteiger partial charge in [0.15, 0.2) is 9.84 Å². The zero-order chi connectivity index (χ0) is 15.8. The highest BCUT2D eigenvalue weighted by molar-refractivity contribution is 7.92. The number of hydrazine groups is 1. The van der Waals surface area contributed by atoms with Crippen LogP contribution in [-0.2, 0) is 19.9 Å². The van der Waals surface area contributed by atoms with Gasteiger partial charge in [0.05, 0.1) is 16.4 Å². The lowest BCUT2D eigenvalue weighted by atomic mass is 10.1. The van der Waals surface area contributed by atoms with Crippen LogP contribution in [0.1, 0.15) is 11.1 Å². The molecule has 7 nitrogen and oxygen atoms in total. The van der Waals surface area contributed by atoms with Crippen LogP contribution in [0.3, 0.4) is 0 Å². The molecule has 0 spiro atoms. The van der Waals surface area contributed by atoms with Crippen molar-refractivity contribution in [2.45, 2.75) is 18.7 Å². The van der Waals surface area contributed by atoms with Gasteiger partial charge in [-0.15, -0.1) is 0 Å². The van der Waals surface area contributed by atoms with Crippen molar-refractivity contribution in [3.8, 4) is 0 Å². The first-order chi connectivity index (χ1) is 9.67. The molecule has 0 atom stereocenters. The Morgan fingerprint density at radius 2 is 1.62 bits per heavy atom. The number of nitrogens with one attached hydrogen (secondary N) is 1. The maximum atomic E-state index is 12.7. The van der Waals surface area contributed by atoms with E-state index in [9.17, 15) is 16.8 Å². The Balaban J connectivity index is 2.41. The maximum Gasteiger partial charge on any atom is 0.243 e. The molecule has 1 aromatic carbocycles. The van der Waals surface area contributed by atoms with Gasteiger partial charge in [0.2, 0.25) is 10.0 Å². The first kappa shape index (κ1) is 16.2. The molecular formula is C12H19N3O4S2. The third-order valence-electron chi connectivity index (χ3n) is 3.53. The second-order valence-electron chi connectivity index (χ2n) is 5.14. The smallest absolute Gasteiger partial charge is 0.243 e. The zero-order valence-electron chi connectivity index (χ0n) is 12.0. The van der Waals surface area contributed by atoms with Gasteiger partial charge < -0.3 is 5.43 Å². The second-order valence-corrected chi connectivity index (χ2v) is 9.32. The van der Waals surface area contributed by atoms with Gasteiger partial charge in [0.1, 0.15) is 0 Å². The number of hydrogen-bond acceptors (Lipinski definition) is 6. The molecule has 0 radical (unpaired) electrons. The van der Waals surface area contributed by atoms with Crippen molar-refractivity contribution in [1.29, 1.82) is 0 Å². The summed E-state index contributed by atoms with van der Waals surface area (Å²) in [5.74, 6) is 5.08. The molecule has 118 valence electrons. The third-order valence-corrected chi connectivity index (χ3v) is 7.34. The van der Waals surface area contributed by atoms with Gasteiger partial charge in [-0.2, -0.15) is 4.31 Å². The van der Waals surface area contributed by atoms with E-state index in [0.29, 0.717) is 16.8 Å². The molecule has 0 aromatic heterocycles. The zero-order valence-corrected chi connectivity index (χ0v) is 13.6. The number of nitrogens with two attached hydrogens (primary N) is 1. The van der Waals surface area contributed by atoms with Crippen molar-refractivity contribution in [3.05, 3.63) is 23.3 Å². The van der Waals surface area contributed by atoms with Crippen molar-refractivity contribution in [2.24, 2.45) is 5.84 Å². The van der Waals surface area contributed by atoms with Gasteiger partial charge in [-0.3, -0.25) is 5.84 Å². The summed E-state index contributed by atoms with van der Waals surface area (Å²) in [6, 6.07) is 3.31.